The highest BCUT2D eigenvalue weighted by Crippen LogP contribution is 2.39. The third-order valence-corrected chi connectivity index (χ3v) is 4.21. The third kappa shape index (κ3) is 4.26. The number of carboxylic acids is 1. The Morgan fingerprint density at radius 1 is 1.23 bits per heavy atom. The molecule has 0 aliphatic carbocycles. The van der Waals surface area contributed by atoms with E-state index in [9.17, 15) is 24.5 Å². The maximum atomic E-state index is 13.9. The van der Waals surface area contributed by atoms with Crippen molar-refractivity contribution < 1.29 is 44.2 Å². The Labute approximate surface area is 155 Å². The molecule has 0 radical (unpaired) electrons. The van der Waals surface area contributed by atoms with Gasteiger partial charge in [-0.3, -0.25) is 0 Å². The van der Waals surface area contributed by atoms with E-state index in [1.54, 1.807) is 0 Å². The molecule has 0 unspecified atom stereocenters. The summed E-state index contributed by atoms with van der Waals surface area (Å²) in [6, 6.07) is 0. The van der Waals surface area contributed by atoms with E-state index >= 15 is 0 Å². The second-order valence-corrected chi connectivity index (χ2v) is 6.04. The Balaban J connectivity index is 2.31. The standard InChI is InChI=1S/C13H15Cl2FN2O8/c14-5-7(6(15)12(18-11(5)16)25-2-4(20)21)17-13-10(24)9(23)8(22)3(1-19)26-13/h3,8-10,13,19,22-24H,1-2H2,(H,17,18)(H,20,21)/t3-,8-,9+,10-,13-/m1/s1. The number of nitrogens with zero attached hydrogens (tertiary/aromatic N) is 1. The van der Waals surface area contributed by atoms with E-state index < -0.39 is 71.7 Å². The molecule has 0 bridgehead atoms. The summed E-state index contributed by atoms with van der Waals surface area (Å²) in [6.45, 7) is -1.53. The van der Waals surface area contributed by atoms with E-state index in [1.165, 1.54) is 0 Å². The fourth-order valence-corrected chi connectivity index (χ4v) is 2.69. The number of aliphatic hydroxyl groups is 4. The number of carbonyl (C=O) groups is 1. The van der Waals surface area contributed by atoms with Gasteiger partial charge in [-0.2, -0.15) is 9.37 Å². The molecule has 146 valence electrons. The van der Waals surface area contributed by atoms with E-state index in [2.05, 4.69) is 10.3 Å². The highest BCUT2D eigenvalue weighted by molar-refractivity contribution is 6.39. The number of aromatic nitrogens is 1. The largest absolute Gasteiger partial charge is 0.479 e. The molecule has 2 rings (SSSR count). The summed E-state index contributed by atoms with van der Waals surface area (Å²) in [7, 11) is 0. The van der Waals surface area contributed by atoms with Crippen LogP contribution in [0.4, 0.5) is 10.1 Å². The van der Waals surface area contributed by atoms with Crippen molar-refractivity contribution in [1.82, 2.24) is 4.98 Å². The molecular weight excluding hydrogens is 402 g/mol. The number of pyridine rings is 1. The van der Waals surface area contributed by atoms with Gasteiger partial charge < -0.3 is 40.3 Å². The average molecular weight is 417 g/mol. The smallest absolute Gasteiger partial charge is 0.341 e. The van der Waals surface area contributed by atoms with Crippen molar-refractivity contribution in [1.29, 1.82) is 0 Å². The highest BCUT2D eigenvalue weighted by atomic mass is 35.5. The van der Waals surface area contributed by atoms with Crippen LogP contribution in [0.2, 0.25) is 10.0 Å². The van der Waals surface area contributed by atoms with Crippen LogP contribution < -0.4 is 10.1 Å². The van der Waals surface area contributed by atoms with E-state index in [0.717, 1.165) is 0 Å². The van der Waals surface area contributed by atoms with Crippen molar-refractivity contribution in [3.8, 4) is 5.88 Å². The van der Waals surface area contributed by atoms with Gasteiger partial charge in [0.25, 0.3) is 0 Å². The molecule has 5 atom stereocenters. The van der Waals surface area contributed by atoms with Crippen molar-refractivity contribution >= 4 is 34.9 Å². The van der Waals surface area contributed by atoms with Crippen molar-refractivity contribution in [2.24, 2.45) is 0 Å². The van der Waals surface area contributed by atoms with Crippen LogP contribution in [0.15, 0.2) is 0 Å². The van der Waals surface area contributed by atoms with Crippen molar-refractivity contribution in [3.05, 3.63) is 16.0 Å². The summed E-state index contributed by atoms with van der Waals surface area (Å²) >= 11 is 11.8. The summed E-state index contributed by atoms with van der Waals surface area (Å²) in [5.41, 5.74) is -0.356. The second-order valence-electron chi connectivity index (χ2n) is 5.29. The Morgan fingerprint density at radius 2 is 1.88 bits per heavy atom. The summed E-state index contributed by atoms with van der Waals surface area (Å²) in [5, 5.41) is 48.7. The van der Waals surface area contributed by atoms with Crippen LogP contribution in [-0.4, -0.2) is 80.3 Å². The Bertz CT molecular complexity index is 680. The van der Waals surface area contributed by atoms with E-state index in [0.29, 0.717) is 0 Å². The van der Waals surface area contributed by atoms with Crippen LogP contribution in [0.1, 0.15) is 0 Å². The third-order valence-electron chi connectivity index (χ3n) is 3.52. The second kappa shape index (κ2) is 8.48. The predicted octanol–water partition coefficient (Wildman–Crippen LogP) is -0.797. The van der Waals surface area contributed by atoms with Crippen LogP contribution in [0, 0.1) is 5.95 Å². The van der Waals surface area contributed by atoms with Crippen molar-refractivity contribution in [3.63, 3.8) is 0 Å². The minimum absolute atomic E-state index is 0.356. The summed E-state index contributed by atoms with van der Waals surface area (Å²) in [6.07, 6.45) is -7.65. The van der Waals surface area contributed by atoms with Crippen LogP contribution in [-0.2, 0) is 9.53 Å². The fourth-order valence-electron chi connectivity index (χ4n) is 2.21. The molecule has 6 N–H and O–H groups in total. The van der Waals surface area contributed by atoms with Gasteiger partial charge in [-0.1, -0.05) is 23.2 Å². The first kappa shape index (κ1) is 20.8. The maximum absolute atomic E-state index is 13.9. The zero-order chi connectivity index (χ0) is 19.6. The number of ether oxygens (including phenoxy) is 2. The van der Waals surface area contributed by atoms with Gasteiger partial charge in [0, 0.05) is 0 Å². The van der Waals surface area contributed by atoms with E-state index in [1.807, 2.05) is 0 Å². The number of aliphatic hydroxyl groups excluding tert-OH is 4. The molecule has 0 spiro atoms. The van der Waals surface area contributed by atoms with Crippen molar-refractivity contribution in [2.75, 3.05) is 18.5 Å². The molecule has 1 aromatic rings. The number of hydrogen-bond acceptors (Lipinski definition) is 9. The molecule has 0 aromatic carbocycles. The predicted molar refractivity (Wildman–Crippen MR) is 84.7 cm³/mol. The molecule has 1 fully saturated rings. The lowest BCUT2D eigenvalue weighted by Gasteiger charge is -2.40. The number of carboxylic acid groups (broad SMARTS) is 1. The fraction of sp³-hybridized carbons (Fsp3) is 0.538. The average Bonchev–Trinajstić information content (AvgIpc) is 2.60. The van der Waals surface area contributed by atoms with Crippen LogP contribution >= 0.6 is 23.2 Å². The lowest BCUT2D eigenvalue weighted by atomic mass is 9.98. The number of halogens is 3. The van der Waals surface area contributed by atoms with Gasteiger partial charge in [0.2, 0.25) is 11.8 Å². The lowest BCUT2D eigenvalue weighted by molar-refractivity contribution is -0.221. The van der Waals surface area contributed by atoms with Gasteiger partial charge in [-0.25, -0.2) is 4.79 Å². The number of nitrogens with one attached hydrogen (secondary N) is 1. The van der Waals surface area contributed by atoms with E-state index in [-0.39, 0.29) is 5.69 Å². The Kier molecular flexibility index (Phi) is 6.80. The van der Waals surface area contributed by atoms with Crippen LogP contribution in [0.5, 0.6) is 5.88 Å². The van der Waals surface area contributed by atoms with Gasteiger partial charge in [0.15, 0.2) is 12.8 Å². The number of anilines is 1. The first-order valence-electron chi connectivity index (χ1n) is 7.13. The maximum Gasteiger partial charge on any atom is 0.341 e. The van der Waals surface area contributed by atoms with Gasteiger partial charge in [0.1, 0.15) is 34.5 Å². The first-order chi connectivity index (χ1) is 12.2. The summed E-state index contributed by atoms with van der Waals surface area (Å²) in [4.78, 5) is 13.8. The molecule has 1 aliphatic heterocycles. The SMILES string of the molecule is O=C(O)COc1nc(F)c(Cl)c(N[C@@H]2O[C@H](CO)[C@@H](O)[C@H](O)[C@H]2O)c1Cl. The minimum Gasteiger partial charge on any atom is -0.479 e. The quantitative estimate of drug-likeness (QED) is 0.323. The van der Waals surface area contributed by atoms with Crippen molar-refractivity contribution in [2.45, 2.75) is 30.6 Å². The molecule has 0 saturated carbocycles. The number of aliphatic carboxylic acids is 1. The van der Waals surface area contributed by atoms with E-state index in [4.69, 9.17) is 42.9 Å². The van der Waals surface area contributed by atoms with Gasteiger partial charge in [-0.15, -0.1) is 0 Å². The normalized spacial score (nSPS) is 28.7. The first-order valence-corrected chi connectivity index (χ1v) is 7.89. The van der Waals surface area contributed by atoms with Gasteiger partial charge in [0.05, 0.1) is 12.3 Å². The molecule has 13 heteroatoms. The Morgan fingerprint density at radius 3 is 2.46 bits per heavy atom. The van der Waals surface area contributed by atoms with Gasteiger partial charge >= 0.3 is 5.97 Å². The Hall–Kier alpha value is -1.47. The number of hydrogen-bond donors (Lipinski definition) is 6. The molecule has 26 heavy (non-hydrogen) atoms. The monoisotopic (exact) mass is 416 g/mol. The highest BCUT2D eigenvalue weighted by Gasteiger charge is 2.44. The molecule has 1 aromatic heterocycles. The molecule has 0 amide bonds. The molecule has 10 nitrogen and oxygen atoms in total. The molecule has 1 aliphatic rings. The molecule has 2 heterocycles. The molecule has 1 saturated heterocycles. The zero-order valence-electron chi connectivity index (χ0n) is 12.8. The molecular formula is C13H15Cl2FN2O8. The summed E-state index contributed by atoms with van der Waals surface area (Å²) < 4.78 is 23.8. The van der Waals surface area contributed by atoms with Crippen LogP contribution in [0.3, 0.4) is 0 Å². The van der Waals surface area contributed by atoms with Crippen LogP contribution in [0.25, 0.3) is 0 Å². The lowest BCUT2D eigenvalue weighted by Crippen LogP contribution is -2.60. The van der Waals surface area contributed by atoms with Gasteiger partial charge in [-0.05, 0) is 0 Å². The minimum atomic E-state index is -1.69. The number of rotatable bonds is 6. The zero-order valence-corrected chi connectivity index (χ0v) is 14.4. The topological polar surface area (TPSA) is 162 Å². The summed E-state index contributed by atoms with van der Waals surface area (Å²) in [5.74, 6) is -3.19.